The minimum atomic E-state index is -0.0691. The van der Waals surface area contributed by atoms with Gasteiger partial charge in [0.1, 0.15) is 5.76 Å². The maximum atomic E-state index is 7.93. The van der Waals surface area contributed by atoms with Crippen molar-refractivity contribution in [3.8, 4) is 0 Å². The quantitative estimate of drug-likeness (QED) is 0.165. The van der Waals surface area contributed by atoms with Crippen molar-refractivity contribution in [2.45, 2.75) is 189 Å². The van der Waals surface area contributed by atoms with Crippen LogP contribution >= 0.6 is 0 Å². The highest BCUT2D eigenvalue weighted by Crippen LogP contribution is 2.56. The highest BCUT2D eigenvalue weighted by Gasteiger charge is 2.53. The number of nitrogens with zero attached hydrogens (tertiary/aromatic N) is 1. The van der Waals surface area contributed by atoms with Crippen LogP contribution in [0.3, 0.4) is 0 Å². The largest absolute Gasteiger partial charge is 0.474 e. The predicted molar refractivity (Wildman–Crippen MR) is 280 cm³/mol. The molecule has 4 aromatic carbocycles. The lowest BCUT2D eigenvalue weighted by molar-refractivity contribution is 0.281. The van der Waals surface area contributed by atoms with Crippen molar-refractivity contribution in [1.29, 1.82) is 0 Å². The fourth-order valence-corrected chi connectivity index (χ4v) is 13.2. The van der Waals surface area contributed by atoms with Gasteiger partial charge in [0.2, 0.25) is 0 Å². The van der Waals surface area contributed by atoms with Crippen molar-refractivity contribution in [3.63, 3.8) is 0 Å². The molecule has 65 heavy (non-hydrogen) atoms. The summed E-state index contributed by atoms with van der Waals surface area (Å²) in [6, 6.07) is 28.9. The first-order valence-electron chi connectivity index (χ1n) is 25.2. The van der Waals surface area contributed by atoms with Gasteiger partial charge in [0.15, 0.2) is 0 Å². The minimum Gasteiger partial charge on any atom is -0.474 e. The van der Waals surface area contributed by atoms with Gasteiger partial charge in [-0.15, -0.1) is 0 Å². The molecule has 3 heterocycles. The third kappa shape index (κ3) is 6.93. The number of allylic oxidation sites excluding steroid dienone is 4. The molecule has 0 spiro atoms. The van der Waals surface area contributed by atoms with Crippen LogP contribution in [0.2, 0.25) is 0 Å². The van der Waals surface area contributed by atoms with E-state index < -0.39 is 0 Å². The van der Waals surface area contributed by atoms with E-state index in [1.807, 2.05) is 0 Å². The van der Waals surface area contributed by atoms with Crippen LogP contribution in [0.1, 0.15) is 197 Å². The van der Waals surface area contributed by atoms with Crippen LogP contribution in [-0.2, 0) is 33.5 Å². The molecule has 0 saturated carbocycles. The highest BCUT2D eigenvalue weighted by molar-refractivity contribution is 6.98. The number of rotatable bonds is 3. The Labute approximate surface area is 393 Å². The molecule has 0 unspecified atom stereocenters. The van der Waals surface area contributed by atoms with E-state index in [1.54, 1.807) is 11.1 Å². The van der Waals surface area contributed by atoms with Crippen LogP contribution in [0.5, 0.6) is 0 Å². The highest BCUT2D eigenvalue weighted by atomic mass is 16.3. The van der Waals surface area contributed by atoms with Crippen molar-refractivity contribution in [3.05, 3.63) is 146 Å². The summed E-state index contributed by atoms with van der Waals surface area (Å²) in [5.41, 5.74) is 25.7. The average molecular weight is 862 g/mol. The topological polar surface area (TPSA) is 16.4 Å². The van der Waals surface area contributed by atoms with E-state index in [-0.39, 0.29) is 45.1 Å². The van der Waals surface area contributed by atoms with E-state index in [0.29, 0.717) is 0 Å². The molecule has 3 aliphatic carbocycles. The van der Waals surface area contributed by atoms with E-state index in [0.717, 1.165) is 38.5 Å². The molecule has 2 nitrogen and oxygen atoms in total. The SMILES string of the molecule is Cc1cc2c3c(c1)N(c1ccc(C(C)(C)C)cc1C)c1c(ccc4c1C(C)(C)CCC4(C)C)B3c1oc3c(c1[C@@H](C1=C(c4ccccc4)C=C(C(C)(C)C)CC1)C2)C(C)(C)CCC3(C)C. The summed E-state index contributed by atoms with van der Waals surface area (Å²) in [5, 5.41) is 0. The Kier molecular flexibility index (Phi) is 9.90. The van der Waals surface area contributed by atoms with Gasteiger partial charge in [0.25, 0.3) is 6.71 Å². The second kappa shape index (κ2) is 14.5. The van der Waals surface area contributed by atoms with Gasteiger partial charge < -0.3 is 9.32 Å². The van der Waals surface area contributed by atoms with Gasteiger partial charge in [0.05, 0.1) is 5.66 Å². The standard InChI is InChI=1S/C62H76BNO/c1-37-32-40-35-45(43-24-22-42(58(6,7)8)36-44(43)39-20-18-17-19-21-39)50-52-55(62(15,16)31-30-61(52,13)14)65-56(50)63-47-26-25-46-51(60(11,12)29-28-59(46,9)10)54(47)64(49(33-37)53(40)63)48-27-23-41(34-38(48)2)57(3,4)5/h17-21,23,25-27,32-34,36,45H,22,24,28-31,35H2,1-16H3/t45-/m1/s1. The summed E-state index contributed by atoms with van der Waals surface area (Å²) in [7, 11) is 0. The molecule has 0 saturated heterocycles. The van der Waals surface area contributed by atoms with Gasteiger partial charge in [-0.05, 0) is 159 Å². The first-order valence-corrected chi connectivity index (χ1v) is 25.2. The van der Waals surface area contributed by atoms with Crippen LogP contribution in [0.15, 0.2) is 94.4 Å². The maximum Gasteiger partial charge on any atom is 0.292 e. The molecule has 5 aromatic rings. The van der Waals surface area contributed by atoms with E-state index in [1.165, 1.54) is 101 Å². The molecule has 338 valence electrons. The van der Waals surface area contributed by atoms with Crippen LogP contribution < -0.4 is 21.5 Å². The van der Waals surface area contributed by atoms with Crippen molar-refractivity contribution < 1.29 is 4.42 Å². The summed E-state index contributed by atoms with van der Waals surface area (Å²) < 4.78 is 7.93. The summed E-state index contributed by atoms with van der Waals surface area (Å²) in [6.07, 6.45) is 10.3. The molecule has 1 aromatic heterocycles. The molecule has 0 amide bonds. The number of hydrogen-bond acceptors (Lipinski definition) is 2. The Morgan fingerprint density at radius 2 is 1.32 bits per heavy atom. The Morgan fingerprint density at radius 3 is 1.98 bits per heavy atom. The normalized spacial score (nSPS) is 21.4. The summed E-state index contributed by atoms with van der Waals surface area (Å²) >= 11 is 0. The number of aryl methyl sites for hydroxylation is 2. The molecule has 0 fully saturated rings. The van der Waals surface area contributed by atoms with E-state index in [4.69, 9.17) is 4.42 Å². The number of furan rings is 1. The lowest BCUT2D eigenvalue weighted by atomic mass is 9.35. The Hall–Kier alpha value is -4.50. The lowest BCUT2D eigenvalue weighted by Crippen LogP contribution is -2.59. The van der Waals surface area contributed by atoms with Crippen molar-refractivity contribution >= 4 is 45.9 Å². The van der Waals surface area contributed by atoms with E-state index in [9.17, 15) is 0 Å². The molecule has 0 bridgehead atoms. The number of anilines is 3. The molecular weight excluding hydrogens is 785 g/mol. The molecule has 1 atom stereocenters. The minimum absolute atomic E-state index is 0.0189. The monoisotopic (exact) mass is 862 g/mol. The van der Waals surface area contributed by atoms with E-state index in [2.05, 4.69) is 195 Å². The molecule has 5 aliphatic rings. The van der Waals surface area contributed by atoms with Crippen LogP contribution in [0, 0.1) is 19.3 Å². The number of fused-ring (bicyclic) bond motifs is 8. The van der Waals surface area contributed by atoms with Gasteiger partial charge >= 0.3 is 0 Å². The fraction of sp³-hybridized carbons (Fsp3) is 0.484. The van der Waals surface area contributed by atoms with Crippen LogP contribution in [0.4, 0.5) is 17.1 Å². The van der Waals surface area contributed by atoms with Crippen LogP contribution in [0.25, 0.3) is 5.57 Å². The zero-order chi connectivity index (χ0) is 46.6. The van der Waals surface area contributed by atoms with Gasteiger partial charge in [-0.2, -0.15) is 0 Å². The Morgan fingerprint density at radius 1 is 0.662 bits per heavy atom. The Bertz CT molecular complexity index is 2840. The van der Waals surface area contributed by atoms with Gasteiger partial charge in [-0.25, -0.2) is 0 Å². The van der Waals surface area contributed by atoms with Gasteiger partial charge in [-0.3, -0.25) is 0 Å². The molecule has 2 aliphatic heterocycles. The summed E-state index contributed by atoms with van der Waals surface area (Å²) in [4.78, 5) is 2.76. The predicted octanol–water partition coefficient (Wildman–Crippen LogP) is 15.1. The second-order valence-electron chi connectivity index (χ2n) is 25.9. The van der Waals surface area contributed by atoms with Gasteiger partial charge in [0, 0.05) is 34.0 Å². The lowest BCUT2D eigenvalue weighted by Gasteiger charge is -2.48. The molecule has 0 N–H and O–H groups in total. The second-order valence-corrected chi connectivity index (χ2v) is 25.9. The molecule has 3 heteroatoms. The van der Waals surface area contributed by atoms with Crippen molar-refractivity contribution in [1.82, 2.24) is 0 Å². The van der Waals surface area contributed by atoms with Gasteiger partial charge in [-0.1, -0.05) is 175 Å². The summed E-state index contributed by atoms with van der Waals surface area (Å²) in [5.74, 6) is 1.41. The van der Waals surface area contributed by atoms with Crippen LogP contribution in [-0.4, -0.2) is 6.71 Å². The number of benzene rings is 4. The molecule has 10 rings (SSSR count). The average Bonchev–Trinajstić information content (AvgIpc) is 3.59. The van der Waals surface area contributed by atoms with E-state index >= 15 is 0 Å². The maximum absolute atomic E-state index is 7.93. The zero-order valence-electron chi connectivity index (χ0n) is 43.0. The summed E-state index contributed by atoms with van der Waals surface area (Å²) in [6.45, 7) is 38.9. The first kappa shape index (κ1) is 44.3. The van der Waals surface area contributed by atoms with Crippen molar-refractivity contribution in [2.75, 3.05) is 4.90 Å². The number of hydrogen-bond donors (Lipinski definition) is 0. The molecule has 0 radical (unpaired) electrons. The first-order chi connectivity index (χ1) is 30.3. The Balaban J connectivity index is 1.37. The third-order valence-corrected chi connectivity index (χ3v) is 17.2. The smallest absolute Gasteiger partial charge is 0.292 e. The fourth-order valence-electron chi connectivity index (χ4n) is 13.2. The zero-order valence-corrected chi connectivity index (χ0v) is 43.0. The molecular formula is C62H76BNO. The third-order valence-electron chi connectivity index (χ3n) is 17.2. The van der Waals surface area contributed by atoms with Crippen molar-refractivity contribution in [2.24, 2.45) is 5.41 Å².